The van der Waals surface area contributed by atoms with Crippen molar-refractivity contribution in [3.05, 3.63) is 65.0 Å². The van der Waals surface area contributed by atoms with Crippen LogP contribution in [0.1, 0.15) is 27.3 Å². The molecule has 1 heterocycles. The highest BCUT2D eigenvalue weighted by Gasteiger charge is 2.09. The fraction of sp³-hybridized carbons (Fsp3) is 0.222. The predicted molar refractivity (Wildman–Crippen MR) is 87.8 cm³/mol. The van der Waals surface area contributed by atoms with Crippen LogP contribution in [0.4, 0.5) is 0 Å². The first-order valence-corrected chi connectivity index (χ1v) is 7.31. The van der Waals surface area contributed by atoms with Crippen LogP contribution in [0.2, 0.25) is 0 Å². The van der Waals surface area contributed by atoms with Gasteiger partial charge in [-0.05, 0) is 37.6 Å². The average molecular weight is 293 g/mol. The van der Waals surface area contributed by atoms with Gasteiger partial charge in [0.1, 0.15) is 5.82 Å². The normalized spacial score (nSPS) is 10.9. The average Bonchev–Trinajstić information content (AvgIpc) is 2.79. The number of fused-ring (bicyclic) bond motifs is 1. The van der Waals surface area contributed by atoms with Crippen molar-refractivity contribution in [3.8, 4) is 0 Å². The summed E-state index contributed by atoms with van der Waals surface area (Å²) in [6.07, 6.45) is 0. The number of benzene rings is 2. The van der Waals surface area contributed by atoms with E-state index in [-0.39, 0.29) is 5.91 Å². The van der Waals surface area contributed by atoms with Crippen LogP contribution in [0.25, 0.3) is 11.0 Å². The molecule has 112 valence electrons. The monoisotopic (exact) mass is 293 g/mol. The largest absolute Gasteiger partial charge is 0.348 e. The number of amides is 1. The van der Waals surface area contributed by atoms with Crippen molar-refractivity contribution in [2.75, 3.05) is 0 Å². The number of rotatable bonds is 3. The van der Waals surface area contributed by atoms with Gasteiger partial charge in [0.15, 0.2) is 0 Å². The van der Waals surface area contributed by atoms with E-state index in [1.54, 1.807) is 0 Å². The molecular weight excluding hydrogens is 274 g/mol. The summed E-state index contributed by atoms with van der Waals surface area (Å²) in [6, 6.07) is 13.8. The molecule has 22 heavy (non-hydrogen) atoms. The minimum atomic E-state index is -0.0771. The van der Waals surface area contributed by atoms with Crippen LogP contribution in [0.15, 0.2) is 42.5 Å². The molecule has 4 heteroatoms. The molecule has 0 saturated heterocycles. The number of hydrogen-bond acceptors (Lipinski definition) is 2. The first-order chi connectivity index (χ1) is 10.5. The van der Waals surface area contributed by atoms with E-state index in [0.717, 1.165) is 22.4 Å². The molecule has 0 unspecified atom stereocenters. The summed E-state index contributed by atoms with van der Waals surface area (Å²) in [5.74, 6) is 0.860. The summed E-state index contributed by atoms with van der Waals surface area (Å²) in [6.45, 7) is 4.53. The number of nitrogens with one attached hydrogen (secondary N) is 1. The number of nitrogens with zero attached hydrogens (tertiary/aromatic N) is 2. The maximum absolute atomic E-state index is 12.3. The van der Waals surface area contributed by atoms with Crippen LogP contribution < -0.4 is 5.32 Å². The summed E-state index contributed by atoms with van der Waals surface area (Å²) in [5.41, 5.74) is 4.81. The Labute approximate surface area is 129 Å². The molecule has 4 nitrogen and oxygen atoms in total. The Balaban J connectivity index is 1.77. The van der Waals surface area contributed by atoms with Crippen LogP contribution in [-0.2, 0) is 13.6 Å². The topological polar surface area (TPSA) is 46.9 Å². The number of aryl methyl sites for hydroxylation is 3. The first-order valence-electron chi connectivity index (χ1n) is 7.31. The molecule has 0 radical (unpaired) electrons. The second-order valence-electron chi connectivity index (χ2n) is 5.59. The molecule has 0 spiro atoms. The standard InChI is InChI=1S/C18H19N3O/c1-12-5-4-6-14(9-12)11-19-18(22)15-7-8-17-16(10-15)20-13(2)21(17)3/h4-10H,11H2,1-3H3,(H,19,22). The van der Waals surface area contributed by atoms with Crippen molar-refractivity contribution in [1.29, 1.82) is 0 Å². The lowest BCUT2D eigenvalue weighted by Crippen LogP contribution is -2.22. The van der Waals surface area contributed by atoms with E-state index in [0.29, 0.717) is 12.1 Å². The van der Waals surface area contributed by atoms with Crippen molar-refractivity contribution in [1.82, 2.24) is 14.9 Å². The van der Waals surface area contributed by atoms with Gasteiger partial charge >= 0.3 is 0 Å². The zero-order valence-electron chi connectivity index (χ0n) is 13.1. The molecule has 0 aliphatic heterocycles. The summed E-state index contributed by atoms with van der Waals surface area (Å²) in [5, 5.41) is 2.96. The Kier molecular flexibility index (Phi) is 3.67. The van der Waals surface area contributed by atoms with Gasteiger partial charge in [0.25, 0.3) is 5.91 Å². The molecular formula is C18H19N3O. The van der Waals surface area contributed by atoms with Crippen molar-refractivity contribution in [3.63, 3.8) is 0 Å². The van der Waals surface area contributed by atoms with Crippen LogP contribution in [-0.4, -0.2) is 15.5 Å². The van der Waals surface area contributed by atoms with Gasteiger partial charge in [-0.25, -0.2) is 4.98 Å². The summed E-state index contributed by atoms with van der Waals surface area (Å²) in [7, 11) is 1.97. The van der Waals surface area contributed by atoms with E-state index >= 15 is 0 Å². The Bertz CT molecular complexity index is 849. The Morgan fingerprint density at radius 2 is 2.00 bits per heavy atom. The van der Waals surface area contributed by atoms with Crippen LogP contribution >= 0.6 is 0 Å². The third-order valence-electron chi connectivity index (χ3n) is 3.90. The van der Waals surface area contributed by atoms with Crippen molar-refractivity contribution < 1.29 is 4.79 Å². The van der Waals surface area contributed by atoms with E-state index in [2.05, 4.69) is 16.4 Å². The van der Waals surface area contributed by atoms with Gasteiger partial charge in [-0.1, -0.05) is 29.8 Å². The third kappa shape index (κ3) is 2.72. The molecule has 0 fully saturated rings. The molecule has 0 aliphatic carbocycles. The molecule has 2 aromatic carbocycles. The molecule has 3 aromatic rings. The van der Waals surface area contributed by atoms with Gasteiger partial charge in [0.2, 0.25) is 0 Å². The lowest BCUT2D eigenvalue weighted by molar-refractivity contribution is 0.0951. The van der Waals surface area contributed by atoms with Crippen LogP contribution in [0.5, 0.6) is 0 Å². The molecule has 1 aromatic heterocycles. The maximum atomic E-state index is 12.3. The second kappa shape index (κ2) is 5.64. The number of carbonyl (C=O) groups is 1. The van der Waals surface area contributed by atoms with Gasteiger partial charge in [0.05, 0.1) is 11.0 Å². The molecule has 0 saturated carbocycles. The second-order valence-corrected chi connectivity index (χ2v) is 5.59. The number of hydrogen-bond donors (Lipinski definition) is 1. The molecule has 3 rings (SSSR count). The minimum absolute atomic E-state index is 0.0771. The van der Waals surface area contributed by atoms with Gasteiger partial charge < -0.3 is 9.88 Å². The summed E-state index contributed by atoms with van der Waals surface area (Å²) in [4.78, 5) is 16.8. The summed E-state index contributed by atoms with van der Waals surface area (Å²) < 4.78 is 2.02. The third-order valence-corrected chi connectivity index (χ3v) is 3.90. The van der Waals surface area contributed by atoms with E-state index in [1.165, 1.54) is 5.56 Å². The van der Waals surface area contributed by atoms with E-state index < -0.39 is 0 Å². The lowest BCUT2D eigenvalue weighted by Gasteiger charge is -2.06. The van der Waals surface area contributed by atoms with Crippen molar-refractivity contribution in [2.45, 2.75) is 20.4 Å². The van der Waals surface area contributed by atoms with Gasteiger partial charge in [-0.15, -0.1) is 0 Å². The van der Waals surface area contributed by atoms with E-state index in [4.69, 9.17) is 0 Å². The molecule has 1 amide bonds. The van der Waals surface area contributed by atoms with E-state index in [1.807, 2.05) is 61.9 Å². The van der Waals surface area contributed by atoms with Crippen molar-refractivity contribution >= 4 is 16.9 Å². The first kappa shape index (κ1) is 14.3. The number of aromatic nitrogens is 2. The minimum Gasteiger partial charge on any atom is -0.348 e. The van der Waals surface area contributed by atoms with Gasteiger partial charge in [-0.3, -0.25) is 4.79 Å². The lowest BCUT2D eigenvalue weighted by atomic mass is 10.1. The zero-order valence-corrected chi connectivity index (χ0v) is 13.1. The highest BCUT2D eigenvalue weighted by atomic mass is 16.1. The smallest absolute Gasteiger partial charge is 0.251 e. The number of imidazole rings is 1. The number of carbonyl (C=O) groups excluding carboxylic acids is 1. The predicted octanol–water partition coefficient (Wildman–Crippen LogP) is 3.12. The van der Waals surface area contributed by atoms with E-state index in [9.17, 15) is 4.79 Å². The SMILES string of the molecule is Cc1cccc(CNC(=O)c2ccc3c(c2)nc(C)n3C)c1. The van der Waals surface area contributed by atoms with Crippen LogP contribution in [0, 0.1) is 13.8 Å². The zero-order chi connectivity index (χ0) is 15.7. The van der Waals surface area contributed by atoms with Crippen molar-refractivity contribution in [2.24, 2.45) is 7.05 Å². The molecule has 0 atom stereocenters. The Morgan fingerprint density at radius 3 is 2.77 bits per heavy atom. The van der Waals surface area contributed by atoms with Gasteiger partial charge in [-0.2, -0.15) is 0 Å². The Morgan fingerprint density at radius 1 is 1.18 bits per heavy atom. The molecule has 0 aliphatic rings. The Hall–Kier alpha value is -2.62. The fourth-order valence-electron chi connectivity index (χ4n) is 2.57. The highest BCUT2D eigenvalue weighted by Crippen LogP contribution is 2.16. The highest BCUT2D eigenvalue weighted by molar-refractivity contribution is 5.97. The van der Waals surface area contributed by atoms with Crippen LogP contribution in [0.3, 0.4) is 0 Å². The van der Waals surface area contributed by atoms with Gasteiger partial charge in [0, 0.05) is 19.2 Å². The maximum Gasteiger partial charge on any atom is 0.251 e. The molecule has 0 bridgehead atoms. The fourth-order valence-corrected chi connectivity index (χ4v) is 2.57. The molecule has 1 N–H and O–H groups in total. The summed E-state index contributed by atoms with van der Waals surface area (Å²) >= 11 is 0. The quantitative estimate of drug-likeness (QED) is 0.806.